The van der Waals surface area contributed by atoms with Crippen molar-refractivity contribution in [3.05, 3.63) is 75.7 Å². The molecule has 0 atom stereocenters. The average molecular weight is 318 g/mol. The predicted octanol–water partition coefficient (Wildman–Crippen LogP) is 3.77. The Hall–Kier alpha value is -2.63. The van der Waals surface area contributed by atoms with Crippen LogP contribution >= 0.6 is 0 Å². The van der Waals surface area contributed by atoms with Crippen molar-refractivity contribution in [1.29, 1.82) is 0 Å². The van der Waals surface area contributed by atoms with Gasteiger partial charge in [-0.15, -0.1) is 0 Å². The molecule has 0 aliphatic carbocycles. The summed E-state index contributed by atoms with van der Waals surface area (Å²) < 4.78 is 40.0. The van der Waals surface area contributed by atoms with E-state index in [-0.39, 0.29) is 12.1 Å². The van der Waals surface area contributed by atoms with E-state index in [9.17, 15) is 18.0 Å². The van der Waals surface area contributed by atoms with Gasteiger partial charge in [0.15, 0.2) is 0 Å². The molecule has 23 heavy (non-hydrogen) atoms. The molecule has 118 valence electrons. The fraction of sp³-hybridized carbons (Fsp3) is 0.176. The van der Waals surface area contributed by atoms with Crippen LogP contribution in [0.15, 0.2) is 53.5 Å². The van der Waals surface area contributed by atoms with Crippen LogP contribution in [-0.4, -0.2) is 9.55 Å². The van der Waals surface area contributed by atoms with E-state index in [1.807, 2.05) is 31.2 Å². The lowest BCUT2D eigenvalue weighted by Gasteiger charge is -2.12. The lowest BCUT2D eigenvalue weighted by molar-refractivity contribution is -0.137. The number of hydrogen-bond acceptors (Lipinski definition) is 2. The Morgan fingerprint density at radius 3 is 2.43 bits per heavy atom. The molecule has 0 fully saturated rings. The summed E-state index contributed by atoms with van der Waals surface area (Å²) in [6, 6.07) is 10.7. The van der Waals surface area contributed by atoms with Crippen molar-refractivity contribution in [3.63, 3.8) is 0 Å². The minimum Gasteiger partial charge on any atom is -0.301 e. The summed E-state index contributed by atoms with van der Waals surface area (Å²) in [4.78, 5) is 16.0. The Kier molecular flexibility index (Phi) is 3.67. The second-order valence-corrected chi connectivity index (χ2v) is 5.37. The quantitative estimate of drug-likeness (QED) is 0.721. The summed E-state index contributed by atoms with van der Waals surface area (Å²) in [7, 11) is 0. The maximum atomic E-state index is 12.9. The highest BCUT2D eigenvalue weighted by Crippen LogP contribution is 2.30. The zero-order valence-electron chi connectivity index (χ0n) is 12.3. The van der Waals surface area contributed by atoms with Gasteiger partial charge >= 0.3 is 6.18 Å². The molecule has 0 aliphatic heterocycles. The molecule has 3 rings (SSSR count). The van der Waals surface area contributed by atoms with Gasteiger partial charge in [0.2, 0.25) is 0 Å². The summed E-state index contributed by atoms with van der Waals surface area (Å²) in [5.74, 6) is 0. The fourth-order valence-corrected chi connectivity index (χ4v) is 2.38. The van der Waals surface area contributed by atoms with Crippen LogP contribution in [0.3, 0.4) is 0 Å². The molecule has 1 aromatic heterocycles. The van der Waals surface area contributed by atoms with E-state index in [1.165, 1.54) is 10.6 Å². The Labute approximate surface area is 130 Å². The van der Waals surface area contributed by atoms with Crippen LogP contribution in [0.1, 0.15) is 16.7 Å². The molecule has 0 amide bonds. The molecule has 0 aliphatic rings. The predicted molar refractivity (Wildman–Crippen MR) is 81.3 cm³/mol. The Morgan fingerprint density at radius 1 is 1.09 bits per heavy atom. The van der Waals surface area contributed by atoms with Gasteiger partial charge in [-0.25, -0.2) is 4.98 Å². The third-order valence-electron chi connectivity index (χ3n) is 3.63. The highest BCUT2D eigenvalue weighted by atomic mass is 19.4. The monoisotopic (exact) mass is 318 g/mol. The first-order valence-corrected chi connectivity index (χ1v) is 6.97. The van der Waals surface area contributed by atoms with Crippen molar-refractivity contribution < 1.29 is 13.2 Å². The van der Waals surface area contributed by atoms with Gasteiger partial charge < -0.3 is 4.57 Å². The van der Waals surface area contributed by atoms with Gasteiger partial charge in [0.05, 0.1) is 29.3 Å². The zero-order valence-corrected chi connectivity index (χ0v) is 12.3. The van der Waals surface area contributed by atoms with Gasteiger partial charge in [-0.2, -0.15) is 13.2 Å². The molecular formula is C17H13F3N2O. The Bertz CT molecular complexity index is 912. The van der Waals surface area contributed by atoms with Crippen LogP contribution in [0, 0.1) is 6.92 Å². The first kappa shape index (κ1) is 15.3. The van der Waals surface area contributed by atoms with Crippen molar-refractivity contribution in [1.82, 2.24) is 9.55 Å². The van der Waals surface area contributed by atoms with Crippen molar-refractivity contribution in [2.24, 2.45) is 0 Å². The highest BCUT2D eigenvalue weighted by molar-refractivity contribution is 5.75. The topological polar surface area (TPSA) is 34.9 Å². The fourth-order valence-electron chi connectivity index (χ4n) is 2.38. The number of rotatable bonds is 2. The molecule has 0 spiro atoms. The number of aryl methyl sites for hydroxylation is 1. The van der Waals surface area contributed by atoms with Crippen LogP contribution in [0.25, 0.3) is 11.0 Å². The van der Waals surface area contributed by atoms with Crippen LogP contribution in [0.2, 0.25) is 0 Å². The first-order chi connectivity index (χ1) is 10.8. The number of halogens is 3. The van der Waals surface area contributed by atoms with Crippen LogP contribution in [0.4, 0.5) is 13.2 Å². The summed E-state index contributed by atoms with van der Waals surface area (Å²) in [6.07, 6.45) is -3.33. The molecule has 3 aromatic rings. The number of nitrogens with zero attached hydrogens (tertiary/aromatic N) is 2. The first-order valence-electron chi connectivity index (χ1n) is 6.97. The van der Waals surface area contributed by atoms with Crippen molar-refractivity contribution in [2.75, 3.05) is 0 Å². The molecule has 6 heteroatoms. The Morgan fingerprint density at radius 2 is 1.78 bits per heavy atom. The minimum atomic E-state index is -4.46. The summed E-state index contributed by atoms with van der Waals surface area (Å²) in [5.41, 5.74) is 1.20. The molecule has 1 heterocycles. The van der Waals surface area contributed by atoms with E-state index in [4.69, 9.17) is 0 Å². The van der Waals surface area contributed by atoms with Crippen molar-refractivity contribution in [2.45, 2.75) is 19.6 Å². The van der Waals surface area contributed by atoms with Gasteiger partial charge in [0.25, 0.3) is 5.56 Å². The van der Waals surface area contributed by atoms with E-state index < -0.39 is 17.3 Å². The molecular weight excluding hydrogens is 305 g/mol. The molecule has 0 saturated heterocycles. The van der Waals surface area contributed by atoms with Gasteiger partial charge in [0, 0.05) is 0 Å². The second-order valence-electron chi connectivity index (χ2n) is 5.37. The maximum absolute atomic E-state index is 12.9. The molecule has 0 N–H and O–H groups in total. The molecule has 0 saturated carbocycles. The molecule has 2 aromatic carbocycles. The van der Waals surface area contributed by atoms with Gasteiger partial charge in [-0.3, -0.25) is 4.79 Å². The summed E-state index contributed by atoms with van der Waals surface area (Å²) in [6.45, 7) is 2.13. The number of aromatic nitrogens is 2. The van der Waals surface area contributed by atoms with Gasteiger partial charge in [-0.05, 0) is 30.7 Å². The van der Waals surface area contributed by atoms with E-state index in [0.29, 0.717) is 5.52 Å². The minimum absolute atomic E-state index is 0.174. The van der Waals surface area contributed by atoms with Gasteiger partial charge in [0.1, 0.15) is 0 Å². The molecule has 0 radical (unpaired) electrons. The lowest BCUT2D eigenvalue weighted by atomic mass is 10.1. The zero-order chi connectivity index (χ0) is 16.6. The number of alkyl halides is 3. The number of benzene rings is 2. The van der Waals surface area contributed by atoms with Crippen LogP contribution in [-0.2, 0) is 12.7 Å². The maximum Gasteiger partial charge on any atom is 0.416 e. The van der Waals surface area contributed by atoms with Crippen LogP contribution in [0.5, 0.6) is 0 Å². The smallest absolute Gasteiger partial charge is 0.301 e. The third-order valence-corrected chi connectivity index (χ3v) is 3.63. The summed E-state index contributed by atoms with van der Waals surface area (Å²) in [5, 5.41) is 0. The van der Waals surface area contributed by atoms with E-state index >= 15 is 0 Å². The standard InChI is InChI=1S/C17H13F3N2O/c1-11-2-4-12(5-3-11)10-22-15-8-13(17(18,19)20)6-7-14(15)21-9-16(22)23/h2-9H,10H2,1H3. The van der Waals surface area contributed by atoms with Crippen molar-refractivity contribution >= 4 is 11.0 Å². The number of hydrogen-bond donors (Lipinski definition) is 0. The van der Waals surface area contributed by atoms with E-state index in [0.717, 1.165) is 29.5 Å². The SMILES string of the molecule is Cc1ccc(Cn2c(=O)cnc3ccc(C(F)(F)F)cc32)cc1. The lowest BCUT2D eigenvalue weighted by Crippen LogP contribution is -2.21. The molecule has 3 nitrogen and oxygen atoms in total. The highest BCUT2D eigenvalue weighted by Gasteiger charge is 2.30. The second kappa shape index (κ2) is 5.53. The van der Waals surface area contributed by atoms with E-state index in [1.54, 1.807) is 0 Å². The molecule has 0 bridgehead atoms. The van der Waals surface area contributed by atoms with E-state index in [2.05, 4.69) is 4.98 Å². The van der Waals surface area contributed by atoms with Crippen molar-refractivity contribution in [3.8, 4) is 0 Å². The third kappa shape index (κ3) is 3.11. The summed E-state index contributed by atoms with van der Waals surface area (Å²) >= 11 is 0. The normalized spacial score (nSPS) is 11.8. The Balaban J connectivity index is 2.15. The average Bonchev–Trinajstić information content (AvgIpc) is 2.51. The number of fused-ring (bicyclic) bond motifs is 1. The van der Waals surface area contributed by atoms with Crippen LogP contribution < -0.4 is 5.56 Å². The molecule has 0 unspecified atom stereocenters. The largest absolute Gasteiger partial charge is 0.416 e. The van der Waals surface area contributed by atoms with Gasteiger partial charge in [-0.1, -0.05) is 29.8 Å².